The summed E-state index contributed by atoms with van der Waals surface area (Å²) in [5.41, 5.74) is 1.37. The number of nitrogens with zero attached hydrogens (tertiary/aromatic N) is 3. The lowest BCUT2D eigenvalue weighted by Gasteiger charge is -2.20. The Morgan fingerprint density at radius 2 is 2.29 bits per heavy atom. The summed E-state index contributed by atoms with van der Waals surface area (Å²) in [4.78, 5) is 13.8. The maximum atomic E-state index is 12.4. The Bertz CT molecular complexity index is 584. The van der Waals surface area contributed by atoms with Gasteiger partial charge in [0.1, 0.15) is 0 Å². The molecule has 1 atom stereocenters. The van der Waals surface area contributed by atoms with Gasteiger partial charge in [0.15, 0.2) is 0 Å². The summed E-state index contributed by atoms with van der Waals surface area (Å²) in [6, 6.07) is 9.03. The number of aromatic nitrogens is 2. The van der Waals surface area contributed by atoms with Crippen molar-refractivity contribution >= 4 is 5.91 Å². The number of ether oxygens (including phenoxy) is 1. The molecule has 0 bridgehead atoms. The minimum absolute atomic E-state index is 0.154. The summed E-state index contributed by atoms with van der Waals surface area (Å²) < 4.78 is 6.55. The van der Waals surface area contributed by atoms with Gasteiger partial charge in [-0.15, -0.1) is 0 Å². The van der Waals surface area contributed by atoms with Crippen LogP contribution in [0, 0.1) is 0 Å². The van der Waals surface area contributed by atoms with Crippen LogP contribution in [0.15, 0.2) is 42.7 Å². The number of aliphatic hydroxyl groups is 1. The fraction of sp³-hybridized carbons (Fsp3) is 0.333. The molecule has 0 saturated carbocycles. The molecule has 2 rings (SSSR count). The predicted molar refractivity (Wildman–Crippen MR) is 78.4 cm³/mol. The standard InChI is InChI=1S/C15H19N3O3/c1-17(10-14(19)11-21-2)15(20)12-5-3-6-13(9-12)18-8-4-7-16-18/h3-9,14,19H,10-11H2,1-2H3/t14-/m0/s1. The van der Waals surface area contributed by atoms with Crippen LogP contribution in [0.25, 0.3) is 5.69 Å². The first-order valence-electron chi connectivity index (χ1n) is 6.64. The summed E-state index contributed by atoms with van der Waals surface area (Å²) >= 11 is 0. The Morgan fingerprint density at radius 3 is 2.95 bits per heavy atom. The molecule has 21 heavy (non-hydrogen) atoms. The normalized spacial score (nSPS) is 12.1. The van der Waals surface area contributed by atoms with E-state index in [0.717, 1.165) is 5.69 Å². The lowest BCUT2D eigenvalue weighted by molar-refractivity contribution is 0.0380. The smallest absolute Gasteiger partial charge is 0.253 e. The number of likely N-dealkylation sites (N-methyl/N-ethyl adjacent to an activating group) is 1. The number of hydrogen-bond donors (Lipinski definition) is 1. The maximum absolute atomic E-state index is 12.4. The summed E-state index contributed by atoms with van der Waals surface area (Å²) in [6.45, 7) is 0.420. The van der Waals surface area contributed by atoms with Crippen molar-refractivity contribution in [3.63, 3.8) is 0 Å². The Kier molecular flexibility index (Phi) is 5.08. The number of aliphatic hydroxyl groups excluding tert-OH is 1. The van der Waals surface area contributed by atoms with Crippen LogP contribution < -0.4 is 0 Å². The molecule has 1 N–H and O–H groups in total. The minimum atomic E-state index is -0.696. The van der Waals surface area contributed by atoms with Crippen LogP contribution in [0.2, 0.25) is 0 Å². The van der Waals surface area contributed by atoms with Crippen molar-refractivity contribution in [2.24, 2.45) is 0 Å². The number of methoxy groups -OCH3 is 1. The van der Waals surface area contributed by atoms with E-state index in [1.807, 2.05) is 24.4 Å². The van der Waals surface area contributed by atoms with Crippen molar-refractivity contribution in [3.8, 4) is 5.69 Å². The third kappa shape index (κ3) is 3.90. The lowest BCUT2D eigenvalue weighted by atomic mass is 10.1. The minimum Gasteiger partial charge on any atom is -0.389 e. The molecule has 0 spiro atoms. The average molecular weight is 289 g/mol. The van der Waals surface area contributed by atoms with Crippen LogP contribution in [0.4, 0.5) is 0 Å². The highest BCUT2D eigenvalue weighted by Gasteiger charge is 2.16. The molecule has 6 heteroatoms. The van der Waals surface area contributed by atoms with E-state index in [1.165, 1.54) is 12.0 Å². The topological polar surface area (TPSA) is 67.6 Å². The second-order valence-electron chi connectivity index (χ2n) is 4.80. The van der Waals surface area contributed by atoms with Crippen molar-refractivity contribution in [3.05, 3.63) is 48.3 Å². The third-order valence-electron chi connectivity index (χ3n) is 3.05. The first-order chi connectivity index (χ1) is 10.1. The molecule has 0 unspecified atom stereocenters. The summed E-state index contributed by atoms with van der Waals surface area (Å²) in [6.07, 6.45) is 2.80. The van der Waals surface area contributed by atoms with Gasteiger partial charge in [0.25, 0.3) is 5.91 Å². The summed E-state index contributed by atoms with van der Waals surface area (Å²) in [5, 5.41) is 13.8. The van der Waals surface area contributed by atoms with Gasteiger partial charge in [0.2, 0.25) is 0 Å². The highest BCUT2D eigenvalue weighted by atomic mass is 16.5. The number of hydrogen-bond acceptors (Lipinski definition) is 4. The van der Waals surface area contributed by atoms with E-state index in [9.17, 15) is 9.90 Å². The molecule has 1 aromatic heterocycles. The molecule has 0 aliphatic carbocycles. The zero-order chi connectivity index (χ0) is 15.2. The van der Waals surface area contributed by atoms with Crippen LogP contribution in [-0.4, -0.2) is 59.1 Å². The molecule has 0 fully saturated rings. The van der Waals surface area contributed by atoms with Gasteiger partial charge < -0.3 is 14.7 Å². The largest absolute Gasteiger partial charge is 0.389 e. The van der Waals surface area contributed by atoms with Crippen LogP contribution in [0.3, 0.4) is 0 Å². The van der Waals surface area contributed by atoms with Crippen LogP contribution in [0.1, 0.15) is 10.4 Å². The number of amides is 1. The Balaban J connectivity index is 2.10. The molecule has 0 radical (unpaired) electrons. The Labute approximate surface area is 123 Å². The molecular formula is C15H19N3O3. The van der Waals surface area contributed by atoms with E-state index < -0.39 is 6.10 Å². The second kappa shape index (κ2) is 7.01. The maximum Gasteiger partial charge on any atom is 0.253 e. The molecule has 6 nitrogen and oxygen atoms in total. The molecule has 0 saturated heterocycles. The van der Waals surface area contributed by atoms with Crippen molar-refractivity contribution in [2.45, 2.75) is 6.10 Å². The van der Waals surface area contributed by atoms with Gasteiger partial charge in [-0.3, -0.25) is 4.79 Å². The van der Waals surface area contributed by atoms with Gasteiger partial charge in [-0.2, -0.15) is 5.10 Å². The molecule has 0 aliphatic rings. The molecule has 1 amide bonds. The van der Waals surface area contributed by atoms with Gasteiger partial charge >= 0.3 is 0 Å². The van der Waals surface area contributed by atoms with Crippen LogP contribution in [0.5, 0.6) is 0 Å². The average Bonchev–Trinajstić information content (AvgIpc) is 3.01. The van der Waals surface area contributed by atoms with E-state index in [0.29, 0.717) is 5.56 Å². The summed E-state index contributed by atoms with van der Waals surface area (Å²) in [7, 11) is 3.17. The van der Waals surface area contributed by atoms with Crippen molar-refractivity contribution in [1.82, 2.24) is 14.7 Å². The molecular weight excluding hydrogens is 270 g/mol. The van der Waals surface area contributed by atoms with Gasteiger partial charge in [-0.25, -0.2) is 4.68 Å². The number of carbonyl (C=O) groups is 1. The fourth-order valence-corrected chi connectivity index (χ4v) is 2.07. The van der Waals surface area contributed by atoms with E-state index in [1.54, 1.807) is 30.1 Å². The number of carbonyl (C=O) groups excluding carboxylic acids is 1. The monoisotopic (exact) mass is 289 g/mol. The molecule has 2 aromatic rings. The molecule has 112 valence electrons. The molecule has 1 aromatic carbocycles. The van der Waals surface area contributed by atoms with Gasteiger partial charge in [-0.05, 0) is 24.3 Å². The van der Waals surface area contributed by atoms with E-state index in [4.69, 9.17) is 4.74 Å². The van der Waals surface area contributed by atoms with Crippen LogP contribution in [-0.2, 0) is 4.74 Å². The molecule has 0 aliphatic heterocycles. The first-order valence-corrected chi connectivity index (χ1v) is 6.64. The number of rotatable bonds is 6. The van der Waals surface area contributed by atoms with E-state index in [2.05, 4.69) is 5.10 Å². The number of benzene rings is 1. The summed E-state index contributed by atoms with van der Waals surface area (Å²) in [5.74, 6) is -0.154. The van der Waals surface area contributed by atoms with Crippen molar-refractivity contribution < 1.29 is 14.6 Å². The van der Waals surface area contributed by atoms with Crippen molar-refractivity contribution in [1.29, 1.82) is 0 Å². The van der Waals surface area contributed by atoms with E-state index >= 15 is 0 Å². The van der Waals surface area contributed by atoms with E-state index in [-0.39, 0.29) is 19.1 Å². The van der Waals surface area contributed by atoms with Crippen LogP contribution >= 0.6 is 0 Å². The SMILES string of the molecule is COC[C@@H](O)CN(C)C(=O)c1cccc(-n2cccn2)c1. The van der Waals surface area contributed by atoms with Gasteiger partial charge in [0.05, 0.1) is 18.4 Å². The molecule has 1 heterocycles. The van der Waals surface area contributed by atoms with Crippen molar-refractivity contribution in [2.75, 3.05) is 27.3 Å². The zero-order valence-electron chi connectivity index (χ0n) is 12.1. The second-order valence-corrected chi connectivity index (χ2v) is 4.80. The quantitative estimate of drug-likeness (QED) is 0.860. The first kappa shape index (κ1) is 15.2. The third-order valence-corrected chi connectivity index (χ3v) is 3.05. The highest BCUT2D eigenvalue weighted by molar-refractivity contribution is 5.94. The highest BCUT2D eigenvalue weighted by Crippen LogP contribution is 2.11. The zero-order valence-corrected chi connectivity index (χ0v) is 12.1. The Morgan fingerprint density at radius 1 is 1.48 bits per heavy atom. The van der Waals surface area contributed by atoms with Gasteiger partial charge in [-0.1, -0.05) is 6.07 Å². The predicted octanol–water partition coefficient (Wildman–Crippen LogP) is 0.952. The fourth-order valence-electron chi connectivity index (χ4n) is 2.07. The lowest BCUT2D eigenvalue weighted by Crippen LogP contribution is -2.36. The Hall–Kier alpha value is -2.18. The van der Waals surface area contributed by atoms with Gasteiger partial charge in [0, 0.05) is 38.7 Å².